The Labute approximate surface area is 93.4 Å². The van der Waals surface area contributed by atoms with Crippen LogP contribution in [0.5, 0.6) is 0 Å². The van der Waals surface area contributed by atoms with Gasteiger partial charge in [0, 0.05) is 24.7 Å². The summed E-state index contributed by atoms with van der Waals surface area (Å²) < 4.78 is 0. The van der Waals surface area contributed by atoms with Gasteiger partial charge in [-0.2, -0.15) is 0 Å². The zero-order chi connectivity index (χ0) is 11.8. The molecule has 15 heavy (non-hydrogen) atoms. The number of ketones is 2. The van der Waals surface area contributed by atoms with Gasteiger partial charge in [0.05, 0.1) is 0 Å². The number of carbonyl (C=O) groups is 2. The van der Waals surface area contributed by atoms with Crippen molar-refractivity contribution < 1.29 is 9.59 Å². The van der Waals surface area contributed by atoms with Crippen molar-refractivity contribution in [2.75, 3.05) is 0 Å². The second-order valence-corrected chi connectivity index (χ2v) is 4.43. The van der Waals surface area contributed by atoms with Gasteiger partial charge in [-0.05, 0) is 19.3 Å². The normalized spacial score (nSPS) is 14.7. The van der Waals surface area contributed by atoms with Crippen LogP contribution < -0.4 is 0 Å². The van der Waals surface area contributed by atoms with Gasteiger partial charge in [0.1, 0.15) is 11.6 Å². The van der Waals surface area contributed by atoms with Crippen molar-refractivity contribution in [2.45, 2.75) is 59.8 Å². The Morgan fingerprint density at radius 1 is 0.933 bits per heavy atom. The Bertz CT molecular complexity index is 209. The Balaban J connectivity index is 3.84. The highest BCUT2D eigenvalue weighted by atomic mass is 16.1. The van der Waals surface area contributed by atoms with E-state index in [1.807, 2.05) is 27.7 Å². The molecule has 0 aromatic rings. The predicted octanol–water partition coefficient (Wildman–Crippen LogP) is 3.39. The Morgan fingerprint density at radius 2 is 1.47 bits per heavy atom. The van der Waals surface area contributed by atoms with E-state index < -0.39 is 0 Å². The van der Waals surface area contributed by atoms with Crippen LogP contribution in [-0.4, -0.2) is 11.6 Å². The lowest BCUT2D eigenvalue weighted by atomic mass is 9.92. The van der Waals surface area contributed by atoms with Crippen molar-refractivity contribution in [3.63, 3.8) is 0 Å². The van der Waals surface area contributed by atoms with Gasteiger partial charge < -0.3 is 0 Å². The van der Waals surface area contributed by atoms with Crippen LogP contribution in [0.4, 0.5) is 0 Å². The van der Waals surface area contributed by atoms with Crippen LogP contribution in [0.3, 0.4) is 0 Å². The first kappa shape index (κ1) is 14.3. The maximum atomic E-state index is 11.5. The first-order valence-electron chi connectivity index (χ1n) is 6.08. The standard InChI is InChI=1S/C13H24O2/c1-5-7-12(14)11(4)8-9-13(15)10(3)6-2/h10-11H,5-9H2,1-4H3. The average Bonchev–Trinajstić information content (AvgIpc) is 2.24. The lowest BCUT2D eigenvalue weighted by molar-refractivity contribution is -0.124. The molecule has 2 nitrogen and oxygen atoms in total. The number of hydrogen-bond donors (Lipinski definition) is 0. The van der Waals surface area contributed by atoms with E-state index in [1.165, 1.54) is 0 Å². The summed E-state index contributed by atoms with van der Waals surface area (Å²) in [6.07, 6.45) is 3.74. The number of carbonyl (C=O) groups excluding carboxylic acids is 2. The molecule has 0 aliphatic heterocycles. The fourth-order valence-electron chi connectivity index (χ4n) is 1.49. The maximum absolute atomic E-state index is 11.5. The van der Waals surface area contributed by atoms with E-state index in [0.29, 0.717) is 24.4 Å². The van der Waals surface area contributed by atoms with E-state index in [1.54, 1.807) is 0 Å². The highest BCUT2D eigenvalue weighted by molar-refractivity contribution is 5.83. The molecule has 0 spiro atoms. The summed E-state index contributed by atoms with van der Waals surface area (Å²) in [5.41, 5.74) is 0. The molecule has 2 atom stereocenters. The van der Waals surface area contributed by atoms with E-state index in [4.69, 9.17) is 0 Å². The molecule has 0 aromatic carbocycles. The highest BCUT2D eigenvalue weighted by Crippen LogP contribution is 2.14. The minimum Gasteiger partial charge on any atom is -0.299 e. The van der Waals surface area contributed by atoms with Gasteiger partial charge in [0.2, 0.25) is 0 Å². The van der Waals surface area contributed by atoms with Gasteiger partial charge in [0.25, 0.3) is 0 Å². The van der Waals surface area contributed by atoms with Gasteiger partial charge in [-0.1, -0.05) is 27.7 Å². The molecule has 2 unspecified atom stereocenters. The molecule has 88 valence electrons. The third-order valence-electron chi connectivity index (χ3n) is 3.03. The van der Waals surface area contributed by atoms with Crippen LogP contribution in [0, 0.1) is 11.8 Å². The summed E-state index contributed by atoms with van der Waals surface area (Å²) in [5, 5.41) is 0. The van der Waals surface area contributed by atoms with Gasteiger partial charge in [-0.25, -0.2) is 0 Å². The second-order valence-electron chi connectivity index (χ2n) is 4.43. The molecule has 0 saturated carbocycles. The summed E-state index contributed by atoms with van der Waals surface area (Å²) in [7, 11) is 0. The third kappa shape index (κ3) is 5.71. The Hall–Kier alpha value is -0.660. The molecule has 0 aromatic heterocycles. The molecule has 0 radical (unpaired) electrons. The van der Waals surface area contributed by atoms with Gasteiger partial charge in [0.15, 0.2) is 0 Å². The summed E-state index contributed by atoms with van der Waals surface area (Å²) in [5.74, 6) is 0.805. The van der Waals surface area contributed by atoms with Crippen LogP contribution >= 0.6 is 0 Å². The monoisotopic (exact) mass is 212 g/mol. The molecule has 0 heterocycles. The second kappa shape index (κ2) is 7.61. The lowest BCUT2D eigenvalue weighted by Gasteiger charge is -2.11. The molecule has 0 aliphatic carbocycles. The predicted molar refractivity (Wildman–Crippen MR) is 62.8 cm³/mol. The highest BCUT2D eigenvalue weighted by Gasteiger charge is 2.16. The van der Waals surface area contributed by atoms with Crippen LogP contribution in [-0.2, 0) is 9.59 Å². The molecule has 2 heteroatoms. The Kier molecular flexibility index (Phi) is 7.27. The number of hydrogen-bond acceptors (Lipinski definition) is 2. The van der Waals surface area contributed by atoms with Crippen molar-refractivity contribution in [3.8, 4) is 0 Å². The van der Waals surface area contributed by atoms with Gasteiger partial charge in [-0.3, -0.25) is 9.59 Å². The quantitative estimate of drug-likeness (QED) is 0.618. The number of rotatable bonds is 8. The van der Waals surface area contributed by atoms with Crippen molar-refractivity contribution in [2.24, 2.45) is 11.8 Å². The van der Waals surface area contributed by atoms with Crippen molar-refractivity contribution in [1.29, 1.82) is 0 Å². The maximum Gasteiger partial charge on any atom is 0.135 e. The van der Waals surface area contributed by atoms with Crippen molar-refractivity contribution >= 4 is 11.6 Å². The van der Waals surface area contributed by atoms with Crippen LogP contribution in [0.15, 0.2) is 0 Å². The van der Waals surface area contributed by atoms with E-state index in [-0.39, 0.29) is 11.8 Å². The summed E-state index contributed by atoms with van der Waals surface area (Å²) in [6, 6.07) is 0. The number of Topliss-reactive ketones (excluding diaryl/α,β-unsaturated/α-hetero) is 2. The van der Waals surface area contributed by atoms with E-state index >= 15 is 0 Å². The zero-order valence-corrected chi connectivity index (χ0v) is 10.5. The first-order valence-corrected chi connectivity index (χ1v) is 6.08. The van der Waals surface area contributed by atoms with Crippen LogP contribution in [0.1, 0.15) is 59.8 Å². The molecule has 0 bridgehead atoms. The molecule has 0 aliphatic rings. The van der Waals surface area contributed by atoms with E-state index in [0.717, 1.165) is 19.3 Å². The van der Waals surface area contributed by atoms with Crippen LogP contribution in [0.25, 0.3) is 0 Å². The minimum absolute atomic E-state index is 0.0537. The Morgan fingerprint density at radius 3 is 1.93 bits per heavy atom. The van der Waals surface area contributed by atoms with Crippen molar-refractivity contribution in [1.82, 2.24) is 0 Å². The molecule has 0 rings (SSSR count). The zero-order valence-electron chi connectivity index (χ0n) is 10.5. The molecular formula is C13H24O2. The third-order valence-corrected chi connectivity index (χ3v) is 3.03. The van der Waals surface area contributed by atoms with E-state index in [2.05, 4.69) is 0 Å². The summed E-state index contributed by atoms with van der Waals surface area (Å²) in [6.45, 7) is 7.92. The first-order chi connectivity index (χ1) is 7.02. The summed E-state index contributed by atoms with van der Waals surface area (Å²) in [4.78, 5) is 23.0. The molecule has 0 fully saturated rings. The lowest BCUT2D eigenvalue weighted by Crippen LogP contribution is -2.15. The fourth-order valence-corrected chi connectivity index (χ4v) is 1.49. The smallest absolute Gasteiger partial charge is 0.135 e. The molecule has 0 N–H and O–H groups in total. The van der Waals surface area contributed by atoms with Crippen LogP contribution in [0.2, 0.25) is 0 Å². The SMILES string of the molecule is CCCC(=O)C(C)CCC(=O)C(C)CC. The van der Waals surface area contributed by atoms with Gasteiger partial charge >= 0.3 is 0 Å². The summed E-state index contributed by atoms with van der Waals surface area (Å²) >= 11 is 0. The van der Waals surface area contributed by atoms with Crippen molar-refractivity contribution in [3.05, 3.63) is 0 Å². The molecule has 0 saturated heterocycles. The molecule has 0 amide bonds. The largest absolute Gasteiger partial charge is 0.299 e. The van der Waals surface area contributed by atoms with Gasteiger partial charge in [-0.15, -0.1) is 0 Å². The minimum atomic E-state index is 0.0537. The molecular weight excluding hydrogens is 188 g/mol. The topological polar surface area (TPSA) is 34.1 Å². The fraction of sp³-hybridized carbons (Fsp3) is 0.846. The average molecular weight is 212 g/mol. The van der Waals surface area contributed by atoms with E-state index in [9.17, 15) is 9.59 Å².